The zero-order valence-electron chi connectivity index (χ0n) is 14.8. The molecule has 2 aromatic heterocycles. The van der Waals surface area contributed by atoms with Crippen LogP contribution in [0.25, 0.3) is 16.4 Å². The van der Waals surface area contributed by atoms with Crippen molar-refractivity contribution in [1.82, 2.24) is 8.71 Å². The fraction of sp³-hybridized carbons (Fsp3) is 0.278. The number of fused-ring (bicyclic) bond motifs is 3. The number of aromatic nitrogens is 1. The van der Waals surface area contributed by atoms with Crippen LogP contribution in [-0.4, -0.2) is 57.5 Å². The Morgan fingerprint density at radius 3 is 2.54 bits per heavy atom. The third-order valence-electron chi connectivity index (χ3n) is 4.32. The Labute approximate surface area is 151 Å². The van der Waals surface area contributed by atoms with E-state index in [1.807, 2.05) is 24.3 Å². The molecule has 8 heteroatoms. The predicted octanol–water partition coefficient (Wildman–Crippen LogP) is 2.15. The summed E-state index contributed by atoms with van der Waals surface area (Å²) in [5, 5.41) is 0.710. The fourth-order valence-electron chi connectivity index (χ4n) is 2.91. The monoisotopic (exact) mass is 376 g/mol. The Kier molecular flexibility index (Phi) is 4.99. The molecule has 0 N–H and O–H groups in total. The Balaban J connectivity index is 2.21. The number of esters is 1. The van der Waals surface area contributed by atoms with Crippen LogP contribution in [0.4, 0.5) is 0 Å². The summed E-state index contributed by atoms with van der Waals surface area (Å²) in [6.07, 6.45) is 1.53. The van der Waals surface area contributed by atoms with Gasteiger partial charge in [0.25, 0.3) is 0 Å². The fourth-order valence-corrected chi connectivity index (χ4v) is 4.06. The molecule has 0 aliphatic carbocycles. The van der Waals surface area contributed by atoms with E-state index in [4.69, 9.17) is 9.47 Å². The SMILES string of the molecule is COCCN(C)S(=O)(=O)c1ccc2c(C(=O)OC)c3ccccc3n2c1. The normalized spacial score (nSPS) is 12.2. The lowest BCUT2D eigenvalue weighted by atomic mass is 10.1. The number of benzene rings is 1. The molecule has 0 saturated carbocycles. The summed E-state index contributed by atoms with van der Waals surface area (Å²) in [4.78, 5) is 12.4. The maximum absolute atomic E-state index is 12.8. The molecule has 0 aliphatic heterocycles. The lowest BCUT2D eigenvalue weighted by Gasteiger charge is -2.17. The van der Waals surface area contributed by atoms with E-state index in [1.165, 1.54) is 37.8 Å². The van der Waals surface area contributed by atoms with Gasteiger partial charge in [0.15, 0.2) is 0 Å². The molecule has 138 valence electrons. The first-order valence-corrected chi connectivity index (χ1v) is 9.42. The molecule has 26 heavy (non-hydrogen) atoms. The second kappa shape index (κ2) is 7.06. The molecule has 1 aromatic carbocycles. The quantitative estimate of drug-likeness (QED) is 0.616. The van der Waals surface area contributed by atoms with E-state index in [1.54, 1.807) is 10.5 Å². The number of para-hydroxylation sites is 1. The van der Waals surface area contributed by atoms with Crippen molar-refractivity contribution in [2.24, 2.45) is 0 Å². The molecular weight excluding hydrogens is 356 g/mol. The molecule has 0 unspecified atom stereocenters. The van der Waals surface area contributed by atoms with E-state index in [2.05, 4.69) is 0 Å². The number of rotatable bonds is 6. The van der Waals surface area contributed by atoms with Crippen LogP contribution < -0.4 is 0 Å². The number of carbonyl (C=O) groups is 1. The van der Waals surface area contributed by atoms with Crippen molar-refractivity contribution >= 4 is 32.4 Å². The van der Waals surface area contributed by atoms with Gasteiger partial charge in [0, 0.05) is 32.3 Å². The van der Waals surface area contributed by atoms with Crippen LogP contribution in [0.1, 0.15) is 10.4 Å². The second-order valence-corrected chi connectivity index (χ2v) is 7.87. The summed E-state index contributed by atoms with van der Waals surface area (Å²) >= 11 is 0. The molecule has 0 saturated heterocycles. The third kappa shape index (κ3) is 2.96. The van der Waals surface area contributed by atoms with Gasteiger partial charge < -0.3 is 13.9 Å². The molecule has 3 aromatic rings. The van der Waals surface area contributed by atoms with Gasteiger partial charge >= 0.3 is 5.97 Å². The molecule has 0 fully saturated rings. The number of pyridine rings is 1. The summed E-state index contributed by atoms with van der Waals surface area (Å²) in [6.45, 7) is 0.549. The van der Waals surface area contributed by atoms with Crippen molar-refractivity contribution in [3.8, 4) is 0 Å². The molecule has 0 bridgehead atoms. The topological polar surface area (TPSA) is 77.3 Å². The summed E-state index contributed by atoms with van der Waals surface area (Å²) in [5.74, 6) is -0.462. The smallest absolute Gasteiger partial charge is 0.340 e. The Morgan fingerprint density at radius 1 is 1.12 bits per heavy atom. The van der Waals surface area contributed by atoms with Gasteiger partial charge in [-0.05, 0) is 18.2 Å². The van der Waals surface area contributed by atoms with Crippen molar-refractivity contribution in [2.45, 2.75) is 4.90 Å². The van der Waals surface area contributed by atoms with Gasteiger partial charge in [-0.15, -0.1) is 0 Å². The third-order valence-corrected chi connectivity index (χ3v) is 6.16. The number of methoxy groups -OCH3 is 2. The maximum Gasteiger partial charge on any atom is 0.340 e. The highest BCUT2D eigenvalue weighted by molar-refractivity contribution is 7.89. The van der Waals surface area contributed by atoms with Gasteiger partial charge in [-0.3, -0.25) is 0 Å². The average Bonchev–Trinajstić information content (AvgIpc) is 2.99. The van der Waals surface area contributed by atoms with Gasteiger partial charge in [0.1, 0.15) is 0 Å². The largest absolute Gasteiger partial charge is 0.465 e. The molecule has 3 rings (SSSR count). The zero-order valence-corrected chi connectivity index (χ0v) is 15.6. The Hall–Kier alpha value is -2.42. The van der Waals surface area contributed by atoms with E-state index in [0.29, 0.717) is 23.1 Å². The minimum Gasteiger partial charge on any atom is -0.465 e. The van der Waals surface area contributed by atoms with Gasteiger partial charge in [0.2, 0.25) is 10.0 Å². The molecule has 7 nitrogen and oxygen atoms in total. The minimum atomic E-state index is -3.67. The first kappa shape index (κ1) is 18.4. The molecule has 2 heterocycles. The molecule has 0 aliphatic rings. The number of sulfonamides is 1. The van der Waals surface area contributed by atoms with Gasteiger partial charge in [0.05, 0.1) is 35.2 Å². The Morgan fingerprint density at radius 2 is 1.85 bits per heavy atom. The van der Waals surface area contributed by atoms with E-state index in [0.717, 1.165) is 5.52 Å². The molecule has 0 radical (unpaired) electrons. The van der Waals surface area contributed by atoms with Crippen LogP contribution in [0.3, 0.4) is 0 Å². The number of hydrogen-bond acceptors (Lipinski definition) is 5. The predicted molar refractivity (Wildman–Crippen MR) is 97.9 cm³/mol. The van der Waals surface area contributed by atoms with Crippen LogP contribution >= 0.6 is 0 Å². The van der Waals surface area contributed by atoms with Crippen molar-refractivity contribution in [1.29, 1.82) is 0 Å². The molecule has 0 atom stereocenters. The van der Waals surface area contributed by atoms with Crippen molar-refractivity contribution < 1.29 is 22.7 Å². The van der Waals surface area contributed by atoms with Crippen molar-refractivity contribution in [2.75, 3.05) is 34.4 Å². The number of ether oxygens (including phenoxy) is 2. The van der Waals surface area contributed by atoms with Crippen LogP contribution in [-0.2, 0) is 19.5 Å². The summed E-state index contributed by atoms with van der Waals surface area (Å²) in [6, 6.07) is 10.4. The van der Waals surface area contributed by atoms with E-state index >= 15 is 0 Å². The lowest BCUT2D eigenvalue weighted by Crippen LogP contribution is -2.30. The number of nitrogens with zero attached hydrogens (tertiary/aromatic N) is 2. The minimum absolute atomic E-state index is 0.140. The summed E-state index contributed by atoms with van der Waals surface area (Å²) in [7, 11) is 0.679. The van der Waals surface area contributed by atoms with Crippen LogP contribution in [0, 0.1) is 0 Å². The highest BCUT2D eigenvalue weighted by Gasteiger charge is 2.24. The highest BCUT2D eigenvalue weighted by Crippen LogP contribution is 2.29. The standard InChI is InChI=1S/C18H20N2O5S/c1-19(10-11-24-2)26(22,23)13-8-9-16-17(18(21)25-3)14-6-4-5-7-15(14)20(16)12-13/h4-9,12H,10-11H2,1-3H3. The average molecular weight is 376 g/mol. The van der Waals surface area contributed by atoms with E-state index in [-0.39, 0.29) is 11.4 Å². The van der Waals surface area contributed by atoms with Gasteiger partial charge in [-0.1, -0.05) is 18.2 Å². The first-order valence-electron chi connectivity index (χ1n) is 7.98. The maximum atomic E-state index is 12.8. The van der Waals surface area contributed by atoms with Crippen LogP contribution in [0.2, 0.25) is 0 Å². The van der Waals surface area contributed by atoms with E-state index in [9.17, 15) is 13.2 Å². The van der Waals surface area contributed by atoms with Gasteiger partial charge in [-0.25, -0.2) is 13.2 Å². The van der Waals surface area contributed by atoms with Crippen LogP contribution in [0.15, 0.2) is 47.5 Å². The van der Waals surface area contributed by atoms with Crippen LogP contribution in [0.5, 0.6) is 0 Å². The second-order valence-electron chi connectivity index (χ2n) is 5.82. The lowest BCUT2D eigenvalue weighted by molar-refractivity contribution is 0.0605. The number of carbonyl (C=O) groups excluding carboxylic acids is 1. The van der Waals surface area contributed by atoms with E-state index < -0.39 is 16.0 Å². The zero-order chi connectivity index (χ0) is 18.9. The molecular formula is C18H20N2O5S. The molecule has 0 amide bonds. The summed E-state index contributed by atoms with van der Waals surface area (Å²) < 4.78 is 38.4. The van der Waals surface area contributed by atoms with Crippen molar-refractivity contribution in [3.63, 3.8) is 0 Å². The summed E-state index contributed by atoms with van der Waals surface area (Å²) in [5.41, 5.74) is 1.75. The first-order chi connectivity index (χ1) is 12.4. The highest BCUT2D eigenvalue weighted by atomic mass is 32.2. The van der Waals surface area contributed by atoms with Gasteiger partial charge in [-0.2, -0.15) is 4.31 Å². The Bertz CT molecular complexity index is 1070. The van der Waals surface area contributed by atoms with Crippen molar-refractivity contribution in [3.05, 3.63) is 48.2 Å². The number of likely N-dealkylation sites (N-methyl/N-ethyl adjacent to an activating group) is 1. The number of hydrogen-bond donors (Lipinski definition) is 0. The molecule has 0 spiro atoms.